The predicted molar refractivity (Wildman–Crippen MR) is 241 cm³/mol. The number of thiophene rings is 1. The molecular formula is C44H59N7O16S. The zero-order valence-corrected chi connectivity index (χ0v) is 38.9. The highest BCUT2D eigenvalue weighted by atomic mass is 32.1. The minimum Gasteiger partial charge on any atom is -0.478 e. The number of carbonyl (C=O) groups is 10. The molecule has 372 valence electrons. The van der Waals surface area contributed by atoms with Gasteiger partial charge in [0.2, 0.25) is 23.6 Å². The van der Waals surface area contributed by atoms with Gasteiger partial charge in [0.25, 0.3) is 0 Å². The van der Waals surface area contributed by atoms with Crippen molar-refractivity contribution in [1.82, 2.24) is 20.4 Å². The normalized spacial score (nSPS) is 15.3. The van der Waals surface area contributed by atoms with Gasteiger partial charge in [-0.25, -0.2) is 19.2 Å². The molecule has 1 aromatic carbocycles. The SMILES string of the molecule is CC1CC(=O)N(CCOCCOCCOCCC(=O)N[C@H](C(=O)C[C@@H](CCCNC(N)=O)C(=O)Nc2ccc(COC(=O)N3CCc4c(sc(NC(=O)C(=O)O)c4C(=O)O)C3)cc2)C(C)C)C1=O. The largest absolute Gasteiger partial charge is 0.478 e. The molecule has 1 aromatic heterocycles. The Morgan fingerprint density at radius 1 is 0.912 bits per heavy atom. The highest BCUT2D eigenvalue weighted by Crippen LogP contribution is 2.37. The van der Waals surface area contributed by atoms with E-state index >= 15 is 0 Å². The number of aromatic carboxylic acids is 1. The van der Waals surface area contributed by atoms with Crippen LogP contribution in [0, 0.1) is 17.8 Å². The van der Waals surface area contributed by atoms with E-state index in [1.165, 1.54) is 9.80 Å². The predicted octanol–water partition coefficient (Wildman–Crippen LogP) is 2.10. The van der Waals surface area contributed by atoms with Crippen molar-refractivity contribution >= 4 is 81.4 Å². The molecule has 2 aliphatic rings. The van der Waals surface area contributed by atoms with Crippen LogP contribution in [0.4, 0.5) is 20.3 Å². The quantitative estimate of drug-likeness (QED) is 0.0383. The van der Waals surface area contributed by atoms with Gasteiger partial charge in [0.05, 0.1) is 64.3 Å². The number of carboxylic acids is 2. The highest BCUT2D eigenvalue weighted by molar-refractivity contribution is 7.17. The lowest BCUT2D eigenvalue weighted by Crippen LogP contribution is -2.45. The molecule has 68 heavy (non-hydrogen) atoms. The Morgan fingerprint density at radius 3 is 2.18 bits per heavy atom. The number of carbonyl (C=O) groups excluding carboxylic acids is 8. The van der Waals surface area contributed by atoms with Crippen LogP contribution in [0.3, 0.4) is 0 Å². The Morgan fingerprint density at radius 2 is 1.57 bits per heavy atom. The third-order valence-corrected chi connectivity index (χ3v) is 12.0. The number of hydrogen-bond donors (Lipinski definition) is 7. The second-order valence-electron chi connectivity index (χ2n) is 16.4. The lowest BCUT2D eigenvalue weighted by atomic mass is 9.89. The summed E-state index contributed by atoms with van der Waals surface area (Å²) < 4.78 is 21.9. The smallest absolute Gasteiger partial charge is 0.410 e. The van der Waals surface area contributed by atoms with Crippen molar-refractivity contribution in [3.63, 3.8) is 0 Å². The van der Waals surface area contributed by atoms with Gasteiger partial charge >= 0.3 is 30.0 Å². The molecule has 24 heteroatoms. The van der Waals surface area contributed by atoms with Crippen LogP contribution in [0.5, 0.6) is 0 Å². The summed E-state index contributed by atoms with van der Waals surface area (Å²) in [5.41, 5.74) is 6.31. The number of carboxylic acid groups (broad SMARTS) is 2. The number of primary amides is 1. The molecule has 2 aliphatic heterocycles. The Bertz CT molecular complexity index is 2160. The fourth-order valence-electron chi connectivity index (χ4n) is 7.26. The average Bonchev–Trinajstić information content (AvgIpc) is 3.77. The van der Waals surface area contributed by atoms with Crippen molar-refractivity contribution < 1.29 is 77.1 Å². The number of urea groups is 1. The third kappa shape index (κ3) is 16.7. The van der Waals surface area contributed by atoms with Gasteiger partial charge in [-0.15, -0.1) is 11.3 Å². The summed E-state index contributed by atoms with van der Waals surface area (Å²) in [6, 6.07) is 4.77. The zero-order chi connectivity index (χ0) is 49.9. The first-order valence-corrected chi connectivity index (χ1v) is 22.8. The standard InChI is InChI=1S/C44H59N7O16S/c1-25(2)36(48-33(53)11-15-64-17-19-66-20-18-65-16-14-51-34(54)21-26(3)40(51)57)31(52)22-28(5-4-12-46-43(45)62)37(55)47-29-8-6-27(7-9-29)24-67-44(63)50-13-10-30-32(23-50)68-39(35(30)41(58)59)49-38(56)42(60)61/h6-9,25-26,28,36H,4-5,10-24H2,1-3H3,(H,47,55)(H,48,53)(H,49,56)(H,58,59)(H,60,61)(H3,45,46,62)/t26?,28-,36+/m1/s1. The lowest BCUT2D eigenvalue weighted by molar-refractivity contribution is -0.147. The Labute approximate surface area is 395 Å². The van der Waals surface area contributed by atoms with Crippen LogP contribution in [0.2, 0.25) is 0 Å². The molecule has 1 unspecified atom stereocenters. The van der Waals surface area contributed by atoms with Gasteiger partial charge in [-0.3, -0.25) is 33.7 Å². The highest BCUT2D eigenvalue weighted by Gasteiger charge is 2.35. The van der Waals surface area contributed by atoms with Gasteiger partial charge in [0, 0.05) is 54.8 Å². The summed E-state index contributed by atoms with van der Waals surface area (Å²) in [6.45, 7) is 6.77. The molecule has 3 heterocycles. The minimum absolute atomic E-state index is 0.0249. The average molecular weight is 974 g/mol. The fraction of sp³-hybridized carbons (Fsp3) is 0.545. The third-order valence-electron chi connectivity index (χ3n) is 10.9. The number of imide groups is 1. The molecule has 8 N–H and O–H groups in total. The summed E-state index contributed by atoms with van der Waals surface area (Å²) in [5.74, 6) is -7.64. The van der Waals surface area contributed by atoms with E-state index in [9.17, 15) is 53.1 Å². The zero-order valence-electron chi connectivity index (χ0n) is 38.1. The van der Waals surface area contributed by atoms with Crippen molar-refractivity contribution in [3.8, 4) is 0 Å². The van der Waals surface area contributed by atoms with Crippen LogP contribution in [-0.2, 0) is 72.1 Å². The van der Waals surface area contributed by atoms with E-state index < -0.39 is 53.7 Å². The number of aliphatic carboxylic acids is 1. The van der Waals surface area contributed by atoms with E-state index in [0.29, 0.717) is 28.1 Å². The van der Waals surface area contributed by atoms with Crippen LogP contribution < -0.4 is 27.0 Å². The van der Waals surface area contributed by atoms with Gasteiger partial charge in [0.15, 0.2) is 5.78 Å². The second kappa shape index (κ2) is 26.7. The first-order chi connectivity index (χ1) is 32.4. The molecule has 2 aromatic rings. The number of benzene rings is 1. The van der Waals surface area contributed by atoms with Crippen LogP contribution in [0.25, 0.3) is 0 Å². The molecule has 1 saturated heterocycles. The first kappa shape index (κ1) is 54.1. The van der Waals surface area contributed by atoms with Gasteiger partial charge in [-0.05, 0) is 48.4 Å². The number of rotatable bonds is 27. The van der Waals surface area contributed by atoms with E-state index in [0.717, 1.165) is 11.3 Å². The maximum absolute atomic E-state index is 13.7. The van der Waals surface area contributed by atoms with E-state index in [1.807, 2.05) is 0 Å². The van der Waals surface area contributed by atoms with Crippen molar-refractivity contribution in [1.29, 1.82) is 0 Å². The van der Waals surface area contributed by atoms with Crippen molar-refractivity contribution in [2.24, 2.45) is 23.5 Å². The van der Waals surface area contributed by atoms with Crippen molar-refractivity contribution in [2.75, 3.05) is 69.9 Å². The minimum atomic E-state index is -1.78. The molecule has 8 amide bonds. The number of fused-ring (bicyclic) bond motifs is 1. The number of Topliss-reactive ketones (excluding diaryl/α,β-unsaturated/α-hetero) is 1. The number of likely N-dealkylation sites (tertiary alicyclic amines) is 1. The number of nitrogens with zero attached hydrogens (tertiary/aromatic N) is 2. The van der Waals surface area contributed by atoms with Crippen molar-refractivity contribution in [2.45, 2.75) is 78.5 Å². The summed E-state index contributed by atoms with van der Waals surface area (Å²) in [6.07, 6.45) is -0.0783. The number of anilines is 2. The monoisotopic (exact) mass is 973 g/mol. The van der Waals surface area contributed by atoms with Gasteiger partial charge in [-0.1, -0.05) is 32.9 Å². The summed E-state index contributed by atoms with van der Waals surface area (Å²) >= 11 is 0.865. The van der Waals surface area contributed by atoms with Crippen LogP contribution in [-0.4, -0.2) is 145 Å². The number of ether oxygens (including phenoxy) is 4. The number of hydrogen-bond acceptors (Lipinski definition) is 15. The molecule has 0 bridgehead atoms. The molecule has 0 aliphatic carbocycles. The van der Waals surface area contributed by atoms with E-state index in [-0.39, 0.29) is 145 Å². The number of nitrogens with two attached hydrogens (primary N) is 1. The second-order valence-corrected chi connectivity index (χ2v) is 17.5. The Hall–Kier alpha value is -6.50. The lowest BCUT2D eigenvalue weighted by Gasteiger charge is -2.26. The molecule has 0 saturated carbocycles. The summed E-state index contributed by atoms with van der Waals surface area (Å²) in [5, 5.41) is 28.6. The molecular weight excluding hydrogens is 915 g/mol. The summed E-state index contributed by atoms with van der Waals surface area (Å²) in [7, 11) is 0. The van der Waals surface area contributed by atoms with Gasteiger partial charge < -0.3 is 61.1 Å². The Balaban J connectivity index is 1.21. The first-order valence-electron chi connectivity index (χ1n) is 22.0. The maximum atomic E-state index is 13.7. The summed E-state index contributed by atoms with van der Waals surface area (Å²) in [4.78, 5) is 126. The van der Waals surface area contributed by atoms with Crippen LogP contribution in [0.1, 0.15) is 79.2 Å². The Kier molecular flexibility index (Phi) is 21.3. The topological polar surface area (TPSA) is 329 Å². The van der Waals surface area contributed by atoms with E-state index in [2.05, 4.69) is 21.3 Å². The molecule has 23 nitrogen and oxygen atoms in total. The van der Waals surface area contributed by atoms with E-state index in [4.69, 9.17) is 29.8 Å². The van der Waals surface area contributed by atoms with Crippen LogP contribution >= 0.6 is 11.3 Å². The van der Waals surface area contributed by atoms with Crippen molar-refractivity contribution in [3.05, 3.63) is 45.8 Å². The fourth-order valence-corrected chi connectivity index (χ4v) is 8.51. The molecule has 4 rings (SSSR count). The van der Waals surface area contributed by atoms with E-state index in [1.54, 1.807) is 45.0 Å². The maximum Gasteiger partial charge on any atom is 0.410 e. The molecule has 0 spiro atoms. The van der Waals surface area contributed by atoms with Crippen LogP contribution in [0.15, 0.2) is 24.3 Å². The number of amides is 8. The number of ketones is 1. The molecule has 0 radical (unpaired) electrons. The molecule has 3 atom stereocenters. The van der Waals surface area contributed by atoms with Gasteiger partial charge in [-0.2, -0.15) is 0 Å². The van der Waals surface area contributed by atoms with Gasteiger partial charge in [0.1, 0.15) is 11.6 Å². The molecule has 1 fully saturated rings. The number of nitrogens with one attached hydrogen (secondary N) is 4.